The fourth-order valence-electron chi connectivity index (χ4n) is 3.52. The Kier molecular flexibility index (Phi) is 5.61. The van der Waals surface area contributed by atoms with E-state index in [1.807, 2.05) is 36.4 Å². The number of ether oxygens (including phenoxy) is 1. The Morgan fingerprint density at radius 1 is 1.07 bits per heavy atom. The molecule has 0 bridgehead atoms. The first-order valence-corrected chi connectivity index (χ1v) is 9.62. The van der Waals surface area contributed by atoms with Crippen LogP contribution in [0.25, 0.3) is 0 Å². The molecule has 1 amide bonds. The van der Waals surface area contributed by atoms with E-state index < -0.39 is 0 Å². The van der Waals surface area contributed by atoms with Crippen LogP contribution in [-0.4, -0.2) is 25.5 Å². The number of carbonyl (C=O) groups excluding carboxylic acids is 1. The largest absolute Gasteiger partial charge is 0.489 e. The molecule has 0 aliphatic carbocycles. The summed E-state index contributed by atoms with van der Waals surface area (Å²) in [5.74, 6) is 1.34. The third-order valence-electron chi connectivity index (χ3n) is 5.05. The van der Waals surface area contributed by atoms with Gasteiger partial charge in [0.25, 0.3) is 5.91 Å². The molecule has 1 N–H and O–H groups in total. The summed E-state index contributed by atoms with van der Waals surface area (Å²) >= 11 is 0. The molecule has 5 nitrogen and oxygen atoms in total. The molecule has 5 heteroatoms. The summed E-state index contributed by atoms with van der Waals surface area (Å²) in [7, 11) is 0. The van der Waals surface area contributed by atoms with E-state index in [4.69, 9.17) is 9.15 Å². The SMILES string of the molecule is O=C(NC[C@@H]1CCN(c2ccccc2)C1)c1occc1COc1ccccc1. The molecule has 2 heterocycles. The number of furan rings is 1. The molecule has 1 atom stereocenters. The van der Waals surface area contributed by atoms with Gasteiger partial charge in [-0.3, -0.25) is 4.79 Å². The summed E-state index contributed by atoms with van der Waals surface area (Å²) in [5.41, 5.74) is 1.99. The molecule has 3 aromatic rings. The molecule has 1 fully saturated rings. The van der Waals surface area contributed by atoms with E-state index in [0.717, 1.165) is 30.8 Å². The number of nitrogens with zero attached hydrogens (tertiary/aromatic N) is 1. The lowest BCUT2D eigenvalue weighted by atomic mass is 10.1. The van der Waals surface area contributed by atoms with Gasteiger partial charge in [0.2, 0.25) is 0 Å². The van der Waals surface area contributed by atoms with E-state index in [9.17, 15) is 4.79 Å². The lowest BCUT2D eigenvalue weighted by Crippen LogP contribution is -2.31. The molecule has 1 aliphatic rings. The lowest BCUT2D eigenvalue weighted by Gasteiger charge is -2.18. The van der Waals surface area contributed by atoms with Crippen molar-refractivity contribution in [1.82, 2.24) is 5.32 Å². The van der Waals surface area contributed by atoms with Gasteiger partial charge in [0.1, 0.15) is 12.4 Å². The highest BCUT2D eigenvalue weighted by atomic mass is 16.5. The van der Waals surface area contributed by atoms with E-state index in [2.05, 4.69) is 34.5 Å². The van der Waals surface area contributed by atoms with Gasteiger partial charge in [-0.25, -0.2) is 0 Å². The number of hydrogen-bond donors (Lipinski definition) is 1. The Bertz CT molecular complexity index is 892. The van der Waals surface area contributed by atoms with Gasteiger partial charge in [-0.15, -0.1) is 0 Å². The van der Waals surface area contributed by atoms with Crippen molar-refractivity contribution in [2.45, 2.75) is 13.0 Å². The first kappa shape index (κ1) is 18.2. The lowest BCUT2D eigenvalue weighted by molar-refractivity contribution is 0.0917. The maximum Gasteiger partial charge on any atom is 0.287 e. The number of rotatable bonds is 7. The van der Waals surface area contributed by atoms with Crippen LogP contribution < -0.4 is 15.0 Å². The summed E-state index contributed by atoms with van der Waals surface area (Å²) in [6.45, 7) is 2.91. The minimum absolute atomic E-state index is 0.185. The van der Waals surface area contributed by atoms with Crippen molar-refractivity contribution in [1.29, 1.82) is 0 Å². The van der Waals surface area contributed by atoms with Crippen molar-refractivity contribution in [2.75, 3.05) is 24.5 Å². The van der Waals surface area contributed by atoms with Crippen molar-refractivity contribution in [3.63, 3.8) is 0 Å². The Morgan fingerprint density at radius 3 is 2.61 bits per heavy atom. The molecule has 2 aromatic carbocycles. The number of amides is 1. The number of para-hydroxylation sites is 2. The number of anilines is 1. The van der Waals surface area contributed by atoms with Gasteiger partial charge in [-0.05, 0) is 42.7 Å². The maximum absolute atomic E-state index is 12.6. The quantitative estimate of drug-likeness (QED) is 0.674. The molecule has 28 heavy (non-hydrogen) atoms. The minimum atomic E-state index is -0.185. The van der Waals surface area contributed by atoms with Crippen LogP contribution >= 0.6 is 0 Å². The predicted molar refractivity (Wildman–Crippen MR) is 109 cm³/mol. The predicted octanol–water partition coefficient (Wildman–Crippen LogP) is 4.11. The molecule has 1 saturated heterocycles. The zero-order chi connectivity index (χ0) is 19.2. The summed E-state index contributed by atoms with van der Waals surface area (Å²) < 4.78 is 11.2. The van der Waals surface area contributed by atoms with Crippen LogP contribution in [0, 0.1) is 5.92 Å². The molecular weight excluding hydrogens is 352 g/mol. The third-order valence-corrected chi connectivity index (χ3v) is 5.05. The van der Waals surface area contributed by atoms with Crippen molar-refractivity contribution < 1.29 is 13.9 Å². The molecular formula is C23H24N2O3. The monoisotopic (exact) mass is 376 g/mol. The Labute approximate surface area is 164 Å². The van der Waals surface area contributed by atoms with Crippen LogP contribution in [0.2, 0.25) is 0 Å². The van der Waals surface area contributed by atoms with Crippen LogP contribution in [0.1, 0.15) is 22.5 Å². The smallest absolute Gasteiger partial charge is 0.287 e. The van der Waals surface area contributed by atoms with E-state index >= 15 is 0 Å². The first-order valence-electron chi connectivity index (χ1n) is 9.62. The highest BCUT2D eigenvalue weighted by Crippen LogP contribution is 2.23. The number of carbonyl (C=O) groups is 1. The normalized spacial score (nSPS) is 16.1. The van der Waals surface area contributed by atoms with E-state index in [-0.39, 0.29) is 5.91 Å². The second-order valence-corrected chi connectivity index (χ2v) is 7.02. The number of hydrogen-bond acceptors (Lipinski definition) is 4. The fourth-order valence-corrected chi connectivity index (χ4v) is 3.52. The third kappa shape index (κ3) is 4.36. The Morgan fingerprint density at radius 2 is 1.82 bits per heavy atom. The molecule has 0 radical (unpaired) electrons. The van der Waals surface area contributed by atoms with E-state index in [1.165, 1.54) is 12.0 Å². The van der Waals surface area contributed by atoms with Crippen molar-refractivity contribution in [3.8, 4) is 5.75 Å². The van der Waals surface area contributed by atoms with Gasteiger partial charge < -0.3 is 19.4 Å². The second-order valence-electron chi connectivity index (χ2n) is 7.02. The molecule has 0 saturated carbocycles. The van der Waals surface area contributed by atoms with E-state index in [1.54, 1.807) is 6.07 Å². The molecule has 0 unspecified atom stereocenters. The van der Waals surface area contributed by atoms with Gasteiger partial charge in [0, 0.05) is 30.9 Å². The molecule has 1 aliphatic heterocycles. The second kappa shape index (κ2) is 8.65. The van der Waals surface area contributed by atoms with Crippen LogP contribution in [0.5, 0.6) is 5.75 Å². The Hall–Kier alpha value is -3.21. The van der Waals surface area contributed by atoms with Crippen molar-refractivity contribution in [2.24, 2.45) is 5.92 Å². The maximum atomic E-state index is 12.6. The van der Waals surface area contributed by atoms with Gasteiger partial charge in [-0.2, -0.15) is 0 Å². The summed E-state index contributed by atoms with van der Waals surface area (Å²) in [6.07, 6.45) is 2.60. The van der Waals surface area contributed by atoms with Crippen molar-refractivity contribution in [3.05, 3.63) is 84.3 Å². The zero-order valence-corrected chi connectivity index (χ0v) is 15.7. The highest BCUT2D eigenvalue weighted by molar-refractivity contribution is 5.92. The zero-order valence-electron chi connectivity index (χ0n) is 15.7. The number of benzene rings is 2. The van der Waals surface area contributed by atoms with Crippen LogP contribution in [-0.2, 0) is 6.61 Å². The average Bonchev–Trinajstić information content (AvgIpc) is 3.41. The van der Waals surface area contributed by atoms with Gasteiger partial charge >= 0.3 is 0 Å². The summed E-state index contributed by atoms with van der Waals surface area (Å²) in [6, 6.07) is 21.7. The van der Waals surface area contributed by atoms with Gasteiger partial charge in [-0.1, -0.05) is 36.4 Å². The van der Waals surface area contributed by atoms with Crippen LogP contribution in [0.15, 0.2) is 77.4 Å². The molecule has 1 aromatic heterocycles. The molecule has 4 rings (SSSR count). The summed E-state index contributed by atoms with van der Waals surface area (Å²) in [5, 5.41) is 3.02. The Balaban J connectivity index is 1.28. The first-order chi connectivity index (χ1) is 13.8. The molecule has 0 spiro atoms. The topological polar surface area (TPSA) is 54.7 Å². The van der Waals surface area contributed by atoms with Crippen molar-refractivity contribution >= 4 is 11.6 Å². The van der Waals surface area contributed by atoms with Crippen LogP contribution in [0.4, 0.5) is 5.69 Å². The molecule has 144 valence electrons. The van der Waals surface area contributed by atoms with Gasteiger partial charge in [0.15, 0.2) is 5.76 Å². The average molecular weight is 376 g/mol. The van der Waals surface area contributed by atoms with Gasteiger partial charge in [0.05, 0.1) is 6.26 Å². The fraction of sp³-hybridized carbons (Fsp3) is 0.261. The van der Waals surface area contributed by atoms with E-state index in [0.29, 0.717) is 24.8 Å². The number of nitrogens with one attached hydrogen (secondary N) is 1. The van der Waals surface area contributed by atoms with Crippen LogP contribution in [0.3, 0.4) is 0 Å². The highest BCUT2D eigenvalue weighted by Gasteiger charge is 2.24. The standard InChI is InChI=1S/C23H24N2O3/c26-23(22-19(12-14-27-22)17-28-21-9-5-2-6-10-21)24-15-18-11-13-25(16-18)20-7-3-1-4-8-20/h1-10,12,14,18H,11,13,15-17H2,(H,24,26)/t18-/m0/s1. The minimum Gasteiger partial charge on any atom is -0.489 e. The summed E-state index contributed by atoms with van der Waals surface area (Å²) in [4.78, 5) is 14.9.